The number of furan rings is 1. The molecule has 1 amide bonds. The lowest BCUT2D eigenvalue weighted by Crippen LogP contribution is -2.14. The Labute approximate surface area is 167 Å². The predicted octanol–water partition coefficient (Wildman–Crippen LogP) is 4.81. The van der Waals surface area contributed by atoms with Crippen LogP contribution in [0.3, 0.4) is 0 Å². The van der Waals surface area contributed by atoms with E-state index in [1.165, 1.54) is 12.1 Å². The summed E-state index contributed by atoms with van der Waals surface area (Å²) < 4.78 is 5.75. The number of nitrogens with one attached hydrogen (secondary N) is 1. The Hall–Kier alpha value is -4.11. The molecule has 2 aromatic carbocycles. The van der Waals surface area contributed by atoms with E-state index in [0.717, 1.165) is 16.7 Å². The number of rotatable bonds is 5. The van der Waals surface area contributed by atoms with Gasteiger partial charge in [-0.1, -0.05) is 24.3 Å². The van der Waals surface area contributed by atoms with Gasteiger partial charge in [-0.25, -0.2) is 4.79 Å². The number of hydrogen-bond acceptors (Lipinski definition) is 4. The quantitative estimate of drug-likeness (QED) is 0.484. The highest BCUT2D eigenvalue weighted by Gasteiger charge is 2.14. The summed E-state index contributed by atoms with van der Waals surface area (Å²) in [7, 11) is 0. The zero-order valence-corrected chi connectivity index (χ0v) is 15.9. The van der Waals surface area contributed by atoms with E-state index >= 15 is 0 Å². The van der Waals surface area contributed by atoms with Crippen LogP contribution < -0.4 is 5.32 Å². The van der Waals surface area contributed by atoms with Crippen LogP contribution >= 0.6 is 0 Å². The Morgan fingerprint density at radius 2 is 1.83 bits per heavy atom. The molecular weight excluding hydrogens is 368 g/mol. The molecule has 29 heavy (non-hydrogen) atoms. The summed E-state index contributed by atoms with van der Waals surface area (Å²) in [6.07, 6.45) is 1.37. The highest BCUT2D eigenvalue weighted by Crippen LogP contribution is 2.27. The number of aromatic carboxylic acids is 1. The molecule has 3 aromatic rings. The van der Waals surface area contributed by atoms with Gasteiger partial charge in [-0.05, 0) is 55.3 Å². The molecule has 144 valence electrons. The van der Waals surface area contributed by atoms with Crippen molar-refractivity contribution < 1.29 is 19.1 Å². The number of amides is 1. The van der Waals surface area contributed by atoms with E-state index in [0.29, 0.717) is 17.2 Å². The fourth-order valence-electron chi connectivity index (χ4n) is 2.84. The molecular formula is C23H18N2O4. The Kier molecular flexibility index (Phi) is 5.61. The molecule has 1 heterocycles. The molecule has 1 aromatic heterocycles. The van der Waals surface area contributed by atoms with Gasteiger partial charge in [-0.2, -0.15) is 5.26 Å². The number of aryl methyl sites for hydroxylation is 2. The fourth-order valence-corrected chi connectivity index (χ4v) is 2.84. The average molecular weight is 386 g/mol. The number of para-hydroxylation sites is 1. The summed E-state index contributed by atoms with van der Waals surface area (Å²) in [5, 5.41) is 21.2. The van der Waals surface area contributed by atoms with Crippen LogP contribution in [-0.4, -0.2) is 17.0 Å². The molecule has 3 rings (SSSR count). The van der Waals surface area contributed by atoms with Gasteiger partial charge in [0.15, 0.2) is 0 Å². The number of carbonyl (C=O) groups excluding carboxylic acids is 1. The first-order chi connectivity index (χ1) is 13.9. The lowest BCUT2D eigenvalue weighted by Gasteiger charge is -2.07. The number of carbonyl (C=O) groups is 2. The summed E-state index contributed by atoms with van der Waals surface area (Å²) in [4.78, 5) is 23.5. The lowest BCUT2D eigenvalue weighted by molar-refractivity contribution is -0.112. The highest BCUT2D eigenvalue weighted by molar-refractivity contribution is 6.09. The number of hydrogen-bond donors (Lipinski definition) is 2. The molecule has 0 spiro atoms. The minimum Gasteiger partial charge on any atom is -0.478 e. The van der Waals surface area contributed by atoms with Gasteiger partial charge < -0.3 is 14.8 Å². The molecule has 0 atom stereocenters. The molecule has 0 unspecified atom stereocenters. The molecule has 6 heteroatoms. The zero-order chi connectivity index (χ0) is 21.0. The first-order valence-corrected chi connectivity index (χ1v) is 8.82. The van der Waals surface area contributed by atoms with E-state index in [-0.39, 0.29) is 11.1 Å². The smallest absolute Gasteiger partial charge is 0.335 e. The second kappa shape index (κ2) is 8.28. The largest absolute Gasteiger partial charge is 0.478 e. The predicted molar refractivity (Wildman–Crippen MR) is 109 cm³/mol. The minimum absolute atomic E-state index is 0.0906. The Morgan fingerprint density at radius 3 is 2.48 bits per heavy atom. The van der Waals surface area contributed by atoms with Crippen molar-refractivity contribution in [3.8, 4) is 17.4 Å². The van der Waals surface area contributed by atoms with E-state index in [4.69, 9.17) is 9.52 Å². The third-order valence-electron chi connectivity index (χ3n) is 4.41. The second-order valence-corrected chi connectivity index (χ2v) is 6.48. The maximum Gasteiger partial charge on any atom is 0.335 e. The van der Waals surface area contributed by atoms with Crippen LogP contribution in [0.1, 0.15) is 27.2 Å². The fraction of sp³-hybridized carbons (Fsp3) is 0.0870. The van der Waals surface area contributed by atoms with Gasteiger partial charge in [0.05, 0.1) is 5.56 Å². The number of anilines is 1. The zero-order valence-electron chi connectivity index (χ0n) is 15.9. The van der Waals surface area contributed by atoms with Crippen LogP contribution in [0.5, 0.6) is 0 Å². The van der Waals surface area contributed by atoms with E-state index < -0.39 is 11.9 Å². The molecule has 0 radical (unpaired) electrons. The van der Waals surface area contributed by atoms with E-state index in [2.05, 4.69) is 5.32 Å². The number of benzene rings is 2. The van der Waals surface area contributed by atoms with Crippen molar-refractivity contribution in [2.24, 2.45) is 0 Å². The van der Waals surface area contributed by atoms with Crippen LogP contribution in [-0.2, 0) is 4.79 Å². The number of nitrogens with zero attached hydrogens (tertiary/aromatic N) is 1. The first-order valence-electron chi connectivity index (χ1n) is 8.82. The maximum atomic E-state index is 12.4. The molecule has 0 aliphatic carbocycles. The third-order valence-corrected chi connectivity index (χ3v) is 4.41. The molecule has 0 saturated carbocycles. The second-order valence-electron chi connectivity index (χ2n) is 6.48. The van der Waals surface area contributed by atoms with Crippen molar-refractivity contribution in [2.75, 3.05) is 5.32 Å². The Balaban J connectivity index is 1.84. The molecule has 0 aliphatic rings. The van der Waals surface area contributed by atoms with Crippen molar-refractivity contribution in [1.82, 2.24) is 0 Å². The van der Waals surface area contributed by atoms with Crippen LogP contribution in [0, 0.1) is 25.2 Å². The summed E-state index contributed by atoms with van der Waals surface area (Å²) in [6.45, 7) is 3.65. The molecule has 0 saturated heterocycles. The van der Waals surface area contributed by atoms with Gasteiger partial charge in [-0.3, -0.25) is 4.79 Å². The summed E-state index contributed by atoms with van der Waals surface area (Å²) in [5.41, 5.74) is 3.10. The third kappa shape index (κ3) is 4.42. The van der Waals surface area contributed by atoms with Crippen LogP contribution in [0.25, 0.3) is 17.4 Å². The summed E-state index contributed by atoms with van der Waals surface area (Å²) >= 11 is 0. The standard InChI is InChI=1S/C23H18N2O4/c1-14-5-3-4-6-20(14)25-22(26)17(13-24)12-18-8-10-21(29-18)19-9-7-16(23(27)28)11-15(19)2/h3-12H,1-2H3,(H,25,26)(H,27,28)/b17-12-. The number of carboxylic acids is 1. The van der Waals surface area contributed by atoms with E-state index in [1.807, 2.05) is 25.1 Å². The Bertz CT molecular complexity index is 1170. The number of nitriles is 1. The van der Waals surface area contributed by atoms with Gasteiger partial charge in [0.25, 0.3) is 5.91 Å². The molecule has 2 N–H and O–H groups in total. The molecule has 0 fully saturated rings. The average Bonchev–Trinajstić information content (AvgIpc) is 3.16. The van der Waals surface area contributed by atoms with Crippen LogP contribution in [0.15, 0.2) is 64.6 Å². The molecule has 6 nitrogen and oxygen atoms in total. The molecule has 0 aliphatic heterocycles. The first kappa shape index (κ1) is 19.6. The van der Waals surface area contributed by atoms with Crippen molar-refractivity contribution >= 4 is 23.6 Å². The normalized spacial score (nSPS) is 11.0. The van der Waals surface area contributed by atoms with Gasteiger partial charge in [0.2, 0.25) is 0 Å². The SMILES string of the molecule is Cc1ccccc1NC(=O)/C(C#N)=C\c1ccc(-c2ccc(C(=O)O)cc2C)o1. The topological polar surface area (TPSA) is 103 Å². The van der Waals surface area contributed by atoms with E-state index in [9.17, 15) is 14.9 Å². The monoisotopic (exact) mass is 386 g/mol. The Morgan fingerprint density at radius 1 is 1.07 bits per heavy atom. The van der Waals surface area contributed by atoms with Crippen LogP contribution in [0.2, 0.25) is 0 Å². The lowest BCUT2D eigenvalue weighted by atomic mass is 10.0. The summed E-state index contributed by atoms with van der Waals surface area (Å²) in [5.74, 6) is -0.664. The van der Waals surface area contributed by atoms with Crippen molar-refractivity contribution in [3.63, 3.8) is 0 Å². The van der Waals surface area contributed by atoms with Crippen molar-refractivity contribution in [1.29, 1.82) is 5.26 Å². The van der Waals surface area contributed by atoms with Crippen molar-refractivity contribution in [3.05, 3.63) is 82.6 Å². The van der Waals surface area contributed by atoms with Crippen molar-refractivity contribution in [2.45, 2.75) is 13.8 Å². The van der Waals surface area contributed by atoms with E-state index in [1.54, 1.807) is 43.3 Å². The number of carboxylic acid groups (broad SMARTS) is 1. The van der Waals surface area contributed by atoms with Gasteiger partial charge in [0.1, 0.15) is 23.2 Å². The van der Waals surface area contributed by atoms with Gasteiger partial charge in [-0.15, -0.1) is 0 Å². The highest BCUT2D eigenvalue weighted by atomic mass is 16.4. The van der Waals surface area contributed by atoms with Gasteiger partial charge in [0, 0.05) is 17.3 Å². The van der Waals surface area contributed by atoms with Gasteiger partial charge >= 0.3 is 5.97 Å². The maximum absolute atomic E-state index is 12.4. The summed E-state index contributed by atoms with van der Waals surface area (Å²) in [6, 6.07) is 17.3. The minimum atomic E-state index is -0.999. The molecule has 0 bridgehead atoms. The van der Waals surface area contributed by atoms with Crippen LogP contribution in [0.4, 0.5) is 5.69 Å².